The van der Waals surface area contributed by atoms with Gasteiger partial charge in [-0.25, -0.2) is 0 Å². The van der Waals surface area contributed by atoms with E-state index in [4.69, 9.17) is 4.52 Å². The number of nitrogens with zero attached hydrogens (tertiary/aromatic N) is 3. The lowest BCUT2D eigenvalue weighted by atomic mass is 9.81. The summed E-state index contributed by atoms with van der Waals surface area (Å²) in [6.45, 7) is 2.09. The standard InChI is InChI=1S/C22H31N5O2/c1-26(13-16-8-4-3-5-9-16)14-17-12-20(25-29-17)22(28)27(2)15-21-18-10-6-7-11-19(18)23-24-21/h3-5,8-9,12,18-19,21,23-24H,6-7,10-11,13-15H2,1-2H3. The Morgan fingerprint density at radius 1 is 1.14 bits per heavy atom. The maximum atomic E-state index is 12.8. The summed E-state index contributed by atoms with van der Waals surface area (Å²) >= 11 is 0. The summed E-state index contributed by atoms with van der Waals surface area (Å²) in [5.74, 6) is 1.21. The van der Waals surface area contributed by atoms with Crippen LogP contribution in [-0.4, -0.2) is 53.6 Å². The number of carbonyl (C=O) groups excluding carboxylic acids is 1. The minimum absolute atomic E-state index is 0.0910. The third-order valence-corrected chi connectivity index (χ3v) is 6.11. The normalized spacial score (nSPS) is 23.9. The van der Waals surface area contributed by atoms with Crippen LogP contribution in [0.25, 0.3) is 0 Å². The molecule has 1 saturated carbocycles. The summed E-state index contributed by atoms with van der Waals surface area (Å²) < 4.78 is 5.43. The SMILES string of the molecule is CN(Cc1ccccc1)Cc1cc(C(=O)N(C)CC2NNC3CCCCC32)no1. The first-order valence-electron chi connectivity index (χ1n) is 10.5. The Bertz CT molecular complexity index is 809. The predicted octanol–water partition coefficient (Wildman–Crippen LogP) is 2.41. The molecular formula is C22H31N5O2. The summed E-state index contributed by atoms with van der Waals surface area (Å²) in [6, 6.07) is 12.9. The highest BCUT2D eigenvalue weighted by Gasteiger charge is 2.38. The molecule has 29 heavy (non-hydrogen) atoms. The Morgan fingerprint density at radius 3 is 2.76 bits per heavy atom. The van der Waals surface area contributed by atoms with Crippen LogP contribution in [0.4, 0.5) is 0 Å². The summed E-state index contributed by atoms with van der Waals surface area (Å²) in [6.07, 6.45) is 5.01. The molecule has 156 valence electrons. The number of likely N-dealkylation sites (N-methyl/N-ethyl adjacent to an activating group) is 1. The van der Waals surface area contributed by atoms with Crippen molar-refractivity contribution in [3.05, 3.63) is 53.4 Å². The van der Waals surface area contributed by atoms with Crippen LogP contribution in [0.15, 0.2) is 40.9 Å². The van der Waals surface area contributed by atoms with Gasteiger partial charge in [0, 0.05) is 38.3 Å². The second-order valence-corrected chi connectivity index (χ2v) is 8.47. The smallest absolute Gasteiger partial charge is 0.275 e. The highest BCUT2D eigenvalue weighted by Crippen LogP contribution is 2.30. The average molecular weight is 398 g/mol. The summed E-state index contributed by atoms with van der Waals surface area (Å²) in [4.78, 5) is 16.7. The van der Waals surface area contributed by atoms with E-state index < -0.39 is 0 Å². The zero-order valence-corrected chi connectivity index (χ0v) is 17.3. The molecule has 2 aromatic rings. The predicted molar refractivity (Wildman–Crippen MR) is 111 cm³/mol. The molecule has 4 rings (SSSR count). The number of fused-ring (bicyclic) bond motifs is 1. The number of hydrazine groups is 1. The van der Waals surface area contributed by atoms with E-state index in [1.165, 1.54) is 31.2 Å². The zero-order chi connectivity index (χ0) is 20.2. The molecule has 2 fully saturated rings. The maximum Gasteiger partial charge on any atom is 0.275 e. The largest absolute Gasteiger partial charge is 0.359 e. The number of carbonyl (C=O) groups is 1. The van der Waals surface area contributed by atoms with Crippen LogP contribution >= 0.6 is 0 Å². The van der Waals surface area contributed by atoms with Gasteiger partial charge in [0.2, 0.25) is 0 Å². The van der Waals surface area contributed by atoms with Gasteiger partial charge in [0.1, 0.15) is 0 Å². The second-order valence-electron chi connectivity index (χ2n) is 8.47. The van der Waals surface area contributed by atoms with Gasteiger partial charge in [-0.3, -0.25) is 20.5 Å². The second kappa shape index (κ2) is 9.07. The van der Waals surface area contributed by atoms with E-state index >= 15 is 0 Å². The van der Waals surface area contributed by atoms with Gasteiger partial charge >= 0.3 is 0 Å². The van der Waals surface area contributed by atoms with Crippen LogP contribution in [-0.2, 0) is 13.1 Å². The molecule has 2 N–H and O–H groups in total. The van der Waals surface area contributed by atoms with Crippen LogP contribution in [0.2, 0.25) is 0 Å². The molecule has 7 nitrogen and oxygen atoms in total. The molecule has 0 bridgehead atoms. The minimum Gasteiger partial charge on any atom is -0.359 e. The molecule has 1 saturated heterocycles. The summed E-state index contributed by atoms with van der Waals surface area (Å²) in [5.41, 5.74) is 8.42. The van der Waals surface area contributed by atoms with Crippen LogP contribution in [0.5, 0.6) is 0 Å². The van der Waals surface area contributed by atoms with E-state index in [9.17, 15) is 4.79 Å². The monoisotopic (exact) mass is 397 g/mol. The highest BCUT2D eigenvalue weighted by atomic mass is 16.5. The number of aromatic nitrogens is 1. The first-order chi connectivity index (χ1) is 14.1. The van der Waals surface area contributed by atoms with E-state index in [1.807, 2.05) is 32.3 Å². The van der Waals surface area contributed by atoms with Gasteiger partial charge in [0.05, 0.1) is 6.54 Å². The summed E-state index contributed by atoms with van der Waals surface area (Å²) in [7, 11) is 3.87. The number of benzene rings is 1. The van der Waals surface area contributed by atoms with Crippen molar-refractivity contribution < 1.29 is 9.32 Å². The maximum absolute atomic E-state index is 12.8. The third-order valence-electron chi connectivity index (χ3n) is 6.11. The molecule has 3 atom stereocenters. The molecule has 2 aliphatic rings. The van der Waals surface area contributed by atoms with E-state index in [1.54, 1.807) is 11.0 Å². The molecule has 1 aromatic heterocycles. The quantitative estimate of drug-likeness (QED) is 0.748. The lowest BCUT2D eigenvalue weighted by molar-refractivity contribution is 0.0762. The Morgan fingerprint density at radius 2 is 1.93 bits per heavy atom. The van der Waals surface area contributed by atoms with E-state index in [0.717, 1.165) is 6.54 Å². The number of hydrogen-bond acceptors (Lipinski definition) is 6. The van der Waals surface area contributed by atoms with Gasteiger partial charge < -0.3 is 9.42 Å². The van der Waals surface area contributed by atoms with Gasteiger partial charge in [-0.2, -0.15) is 0 Å². The van der Waals surface area contributed by atoms with Crippen molar-refractivity contribution in [1.82, 2.24) is 25.8 Å². The van der Waals surface area contributed by atoms with Gasteiger partial charge in [-0.15, -0.1) is 0 Å². The molecule has 1 aliphatic carbocycles. The van der Waals surface area contributed by atoms with Crippen molar-refractivity contribution in [2.45, 2.75) is 50.9 Å². The minimum atomic E-state index is -0.0910. The summed E-state index contributed by atoms with van der Waals surface area (Å²) in [5, 5.41) is 4.02. The lowest BCUT2D eigenvalue weighted by Crippen LogP contribution is -2.43. The van der Waals surface area contributed by atoms with Gasteiger partial charge in [-0.1, -0.05) is 48.3 Å². The molecule has 1 amide bonds. The van der Waals surface area contributed by atoms with E-state index in [2.05, 4.69) is 33.0 Å². The highest BCUT2D eigenvalue weighted by molar-refractivity contribution is 5.92. The van der Waals surface area contributed by atoms with Crippen LogP contribution in [0.3, 0.4) is 0 Å². The third kappa shape index (κ3) is 4.86. The van der Waals surface area contributed by atoms with Crippen LogP contribution in [0, 0.1) is 5.92 Å². The Kier molecular flexibility index (Phi) is 6.28. The van der Waals surface area contributed by atoms with Crippen molar-refractivity contribution in [3.8, 4) is 0 Å². The number of hydrogen-bond donors (Lipinski definition) is 2. The fourth-order valence-electron chi connectivity index (χ4n) is 4.60. The van der Waals surface area contributed by atoms with Crippen molar-refractivity contribution in [2.24, 2.45) is 5.92 Å². The molecule has 7 heteroatoms. The number of amides is 1. The van der Waals surface area contributed by atoms with E-state index in [-0.39, 0.29) is 11.9 Å². The average Bonchev–Trinajstić information content (AvgIpc) is 3.35. The molecule has 0 spiro atoms. The number of rotatable bonds is 7. The fourth-order valence-corrected chi connectivity index (χ4v) is 4.60. The Labute approximate surface area is 172 Å². The van der Waals surface area contributed by atoms with Crippen molar-refractivity contribution in [2.75, 3.05) is 20.6 Å². The fraction of sp³-hybridized carbons (Fsp3) is 0.545. The van der Waals surface area contributed by atoms with Crippen molar-refractivity contribution in [3.63, 3.8) is 0 Å². The molecule has 3 unspecified atom stereocenters. The topological polar surface area (TPSA) is 73.6 Å². The molecule has 2 heterocycles. The van der Waals surface area contributed by atoms with E-state index in [0.29, 0.717) is 36.5 Å². The van der Waals surface area contributed by atoms with Crippen LogP contribution < -0.4 is 10.9 Å². The molecule has 1 aliphatic heterocycles. The first-order valence-corrected chi connectivity index (χ1v) is 10.5. The zero-order valence-electron chi connectivity index (χ0n) is 17.3. The molecule has 0 radical (unpaired) electrons. The van der Waals surface area contributed by atoms with Gasteiger partial charge in [0.15, 0.2) is 11.5 Å². The molecular weight excluding hydrogens is 366 g/mol. The lowest BCUT2D eigenvalue weighted by Gasteiger charge is -2.29. The van der Waals surface area contributed by atoms with Crippen LogP contribution in [0.1, 0.15) is 47.5 Å². The Balaban J connectivity index is 1.30. The molecule has 1 aromatic carbocycles. The Hall–Kier alpha value is -2.22. The van der Waals surface area contributed by atoms with Gasteiger partial charge in [0.25, 0.3) is 5.91 Å². The van der Waals surface area contributed by atoms with Crippen molar-refractivity contribution in [1.29, 1.82) is 0 Å². The van der Waals surface area contributed by atoms with Crippen molar-refractivity contribution >= 4 is 5.91 Å². The number of nitrogens with one attached hydrogen (secondary N) is 2. The first kappa shape index (κ1) is 20.1. The van der Waals surface area contributed by atoms with Gasteiger partial charge in [-0.05, 0) is 31.4 Å².